The topological polar surface area (TPSA) is 53.0 Å². The first-order valence-corrected chi connectivity index (χ1v) is 5.60. The van der Waals surface area contributed by atoms with Crippen molar-refractivity contribution in [3.05, 3.63) is 12.7 Å². The van der Waals surface area contributed by atoms with E-state index >= 15 is 0 Å². The van der Waals surface area contributed by atoms with E-state index in [0.717, 1.165) is 6.42 Å². The Hall–Kier alpha value is -0.380. The summed E-state index contributed by atoms with van der Waals surface area (Å²) in [7, 11) is 0. The van der Waals surface area contributed by atoms with Gasteiger partial charge in [-0.05, 0) is 13.3 Å². The Bertz CT molecular complexity index is 225. The van der Waals surface area contributed by atoms with Crippen LogP contribution in [-0.2, 0) is 4.74 Å². The van der Waals surface area contributed by atoms with Crippen molar-refractivity contribution in [2.45, 2.75) is 57.5 Å². The summed E-state index contributed by atoms with van der Waals surface area (Å²) in [6, 6.07) is 0. The predicted octanol–water partition coefficient (Wildman–Crippen LogP) is 1.49. The van der Waals surface area contributed by atoms with Crippen molar-refractivity contribution in [3.8, 4) is 0 Å². The van der Waals surface area contributed by atoms with E-state index in [9.17, 15) is 10.2 Å². The smallest absolute Gasteiger partial charge is 0.0893 e. The minimum Gasteiger partial charge on any atom is -0.393 e. The second-order valence-electron chi connectivity index (χ2n) is 4.74. The summed E-state index contributed by atoms with van der Waals surface area (Å²) >= 11 is 0. The summed E-state index contributed by atoms with van der Waals surface area (Å²) in [6.07, 6.45) is 2.68. The fourth-order valence-electron chi connectivity index (χ4n) is 1.86. The first kappa shape index (κ1) is 12.7. The van der Waals surface area contributed by atoms with Crippen LogP contribution in [0, 0.1) is 5.92 Å². The Labute approximate surface area is 91.8 Å². The first-order chi connectivity index (χ1) is 6.91. The van der Waals surface area contributed by atoms with Crippen molar-refractivity contribution in [2.24, 2.45) is 5.92 Å². The van der Waals surface area contributed by atoms with Gasteiger partial charge < -0.3 is 14.9 Å². The highest BCUT2D eigenvalue weighted by atomic mass is 16.6. The molecule has 0 spiro atoms. The molecule has 3 nitrogen and oxygen atoms in total. The number of aliphatic hydroxyl groups is 2. The molecule has 5 atom stereocenters. The monoisotopic (exact) mass is 214 g/mol. The molecule has 0 unspecified atom stereocenters. The molecular formula is C12H22O3. The molecule has 1 aliphatic rings. The maximum absolute atomic E-state index is 9.77. The molecule has 1 heterocycles. The standard InChI is InChI=1S/C12H22O3/c1-5-9(13)8(3)11-10(15-11)7-12(4,14)6-2/h6,8-11,13-14H,2,5,7H2,1,3-4H3/t8-,9+,10+,11-,12+/m1/s1. The third kappa shape index (κ3) is 3.30. The van der Waals surface area contributed by atoms with E-state index in [1.807, 2.05) is 13.8 Å². The number of epoxide rings is 1. The molecule has 0 aromatic carbocycles. The highest BCUT2D eigenvalue weighted by Gasteiger charge is 2.47. The van der Waals surface area contributed by atoms with Gasteiger partial charge in [-0.25, -0.2) is 0 Å². The number of rotatable bonds is 6. The molecule has 15 heavy (non-hydrogen) atoms. The van der Waals surface area contributed by atoms with Gasteiger partial charge in [-0.1, -0.05) is 19.9 Å². The maximum atomic E-state index is 9.77. The summed E-state index contributed by atoms with van der Waals surface area (Å²) in [4.78, 5) is 0. The van der Waals surface area contributed by atoms with Gasteiger partial charge in [-0.15, -0.1) is 6.58 Å². The normalized spacial score (nSPS) is 32.9. The molecule has 3 heteroatoms. The fourth-order valence-corrected chi connectivity index (χ4v) is 1.86. The summed E-state index contributed by atoms with van der Waals surface area (Å²) in [6.45, 7) is 9.25. The lowest BCUT2D eigenvalue weighted by molar-refractivity contribution is 0.0923. The van der Waals surface area contributed by atoms with E-state index in [1.165, 1.54) is 6.08 Å². The summed E-state index contributed by atoms with van der Waals surface area (Å²) in [5.74, 6) is 0.139. The minimum absolute atomic E-state index is 0.0641. The molecular weight excluding hydrogens is 192 g/mol. The van der Waals surface area contributed by atoms with Crippen LogP contribution in [0.4, 0.5) is 0 Å². The molecule has 0 aromatic rings. The fraction of sp³-hybridized carbons (Fsp3) is 0.833. The highest BCUT2D eigenvalue weighted by molar-refractivity contribution is 5.01. The third-order valence-electron chi connectivity index (χ3n) is 3.22. The lowest BCUT2D eigenvalue weighted by atomic mass is 9.92. The molecule has 1 rings (SSSR count). The van der Waals surface area contributed by atoms with Gasteiger partial charge in [0, 0.05) is 12.3 Å². The van der Waals surface area contributed by atoms with Gasteiger partial charge in [0.05, 0.1) is 23.9 Å². The molecule has 0 aromatic heterocycles. The van der Waals surface area contributed by atoms with E-state index in [0.29, 0.717) is 6.42 Å². The summed E-state index contributed by atoms with van der Waals surface area (Å²) in [5.41, 5.74) is -0.865. The van der Waals surface area contributed by atoms with Crippen LogP contribution in [0.15, 0.2) is 12.7 Å². The Morgan fingerprint density at radius 3 is 2.67 bits per heavy atom. The molecule has 0 saturated carbocycles. The number of hydrogen-bond acceptors (Lipinski definition) is 3. The third-order valence-corrected chi connectivity index (χ3v) is 3.22. The SMILES string of the molecule is C=C[C@](C)(O)C[C@@H]1O[C@@H]1[C@H](C)[C@@H](O)CC. The molecule has 0 aliphatic carbocycles. The zero-order chi connectivity index (χ0) is 11.6. The van der Waals surface area contributed by atoms with Gasteiger partial charge in [-0.2, -0.15) is 0 Å². The van der Waals surface area contributed by atoms with Gasteiger partial charge in [0.2, 0.25) is 0 Å². The van der Waals surface area contributed by atoms with Gasteiger partial charge in [0.25, 0.3) is 0 Å². The molecule has 0 radical (unpaired) electrons. The Morgan fingerprint density at radius 2 is 2.20 bits per heavy atom. The zero-order valence-corrected chi connectivity index (χ0v) is 9.81. The maximum Gasteiger partial charge on any atom is 0.0893 e. The first-order valence-electron chi connectivity index (χ1n) is 5.60. The lowest BCUT2D eigenvalue weighted by Crippen LogP contribution is -2.27. The number of aliphatic hydroxyl groups excluding tert-OH is 1. The predicted molar refractivity (Wildman–Crippen MR) is 59.6 cm³/mol. The highest BCUT2D eigenvalue weighted by Crippen LogP contribution is 2.37. The molecule has 1 aliphatic heterocycles. The number of ether oxygens (including phenoxy) is 1. The van der Waals surface area contributed by atoms with E-state index in [1.54, 1.807) is 6.92 Å². The molecule has 2 N–H and O–H groups in total. The van der Waals surface area contributed by atoms with Crippen molar-refractivity contribution in [2.75, 3.05) is 0 Å². The second-order valence-corrected chi connectivity index (χ2v) is 4.74. The van der Waals surface area contributed by atoms with Crippen LogP contribution in [0.25, 0.3) is 0 Å². The van der Waals surface area contributed by atoms with Crippen LogP contribution in [0.1, 0.15) is 33.6 Å². The Morgan fingerprint density at radius 1 is 1.60 bits per heavy atom. The van der Waals surface area contributed by atoms with Crippen molar-refractivity contribution < 1.29 is 14.9 Å². The van der Waals surface area contributed by atoms with Crippen LogP contribution >= 0.6 is 0 Å². The van der Waals surface area contributed by atoms with Crippen LogP contribution in [0.5, 0.6) is 0 Å². The zero-order valence-electron chi connectivity index (χ0n) is 9.81. The van der Waals surface area contributed by atoms with Crippen molar-refractivity contribution in [3.63, 3.8) is 0 Å². The number of hydrogen-bond donors (Lipinski definition) is 2. The quantitative estimate of drug-likeness (QED) is 0.520. The van der Waals surface area contributed by atoms with Crippen LogP contribution in [-0.4, -0.2) is 34.1 Å². The van der Waals surface area contributed by atoms with Crippen LogP contribution < -0.4 is 0 Å². The summed E-state index contributed by atoms with van der Waals surface area (Å²) in [5, 5.41) is 19.4. The van der Waals surface area contributed by atoms with E-state index in [4.69, 9.17) is 4.74 Å². The van der Waals surface area contributed by atoms with Crippen LogP contribution in [0.3, 0.4) is 0 Å². The van der Waals surface area contributed by atoms with Gasteiger partial charge in [0.15, 0.2) is 0 Å². The van der Waals surface area contributed by atoms with Crippen LogP contribution in [0.2, 0.25) is 0 Å². The van der Waals surface area contributed by atoms with Crippen molar-refractivity contribution in [1.82, 2.24) is 0 Å². The van der Waals surface area contributed by atoms with E-state index in [-0.39, 0.29) is 24.2 Å². The average Bonchev–Trinajstić information content (AvgIpc) is 2.94. The molecule has 1 fully saturated rings. The van der Waals surface area contributed by atoms with E-state index < -0.39 is 5.60 Å². The second kappa shape index (κ2) is 4.64. The average molecular weight is 214 g/mol. The Balaban J connectivity index is 2.37. The molecule has 88 valence electrons. The Kier molecular flexibility index (Phi) is 3.93. The van der Waals surface area contributed by atoms with Gasteiger partial charge in [-0.3, -0.25) is 0 Å². The van der Waals surface area contributed by atoms with Crippen molar-refractivity contribution >= 4 is 0 Å². The minimum atomic E-state index is -0.865. The molecule has 1 saturated heterocycles. The summed E-state index contributed by atoms with van der Waals surface area (Å²) < 4.78 is 5.47. The van der Waals surface area contributed by atoms with Crippen molar-refractivity contribution in [1.29, 1.82) is 0 Å². The van der Waals surface area contributed by atoms with E-state index in [2.05, 4.69) is 6.58 Å². The van der Waals surface area contributed by atoms with Gasteiger partial charge >= 0.3 is 0 Å². The molecule has 0 amide bonds. The van der Waals surface area contributed by atoms with Gasteiger partial charge in [0.1, 0.15) is 0 Å². The molecule has 0 bridgehead atoms. The lowest BCUT2D eigenvalue weighted by Gasteiger charge is -2.18. The largest absolute Gasteiger partial charge is 0.393 e.